The average Bonchev–Trinajstić information content (AvgIpc) is 3.72. The Morgan fingerprint density at radius 3 is 2.68 bits per heavy atom. The maximum absolute atomic E-state index is 14.0. The first-order valence-electron chi connectivity index (χ1n) is 16.9. The first kappa shape index (κ1) is 27.2. The highest BCUT2D eigenvalue weighted by atomic mass is 16.5. The van der Waals surface area contributed by atoms with Gasteiger partial charge in [0.1, 0.15) is 28.8 Å². The Kier molecular flexibility index (Phi) is 5.78. The molecule has 5 fully saturated rings. The zero-order valence-electron chi connectivity index (χ0n) is 26.3. The van der Waals surface area contributed by atoms with Crippen LogP contribution in [0.1, 0.15) is 41.7 Å². The third-order valence-corrected chi connectivity index (χ3v) is 11.5. The highest BCUT2D eigenvalue weighted by Crippen LogP contribution is 2.60. The molecule has 0 spiro atoms. The number of carbonyl (C=O) groups is 1. The van der Waals surface area contributed by atoms with Gasteiger partial charge in [0.15, 0.2) is 11.5 Å². The normalized spacial score (nSPS) is 24.5. The summed E-state index contributed by atoms with van der Waals surface area (Å²) < 4.78 is 10.7. The lowest BCUT2D eigenvalue weighted by Gasteiger charge is -2.52. The van der Waals surface area contributed by atoms with Gasteiger partial charge >= 0.3 is 0 Å². The summed E-state index contributed by atoms with van der Waals surface area (Å²) in [5.74, 6) is 5.55. The van der Waals surface area contributed by atoms with Gasteiger partial charge < -0.3 is 23.7 Å². The van der Waals surface area contributed by atoms with Crippen molar-refractivity contribution in [2.75, 3.05) is 31.6 Å². The van der Waals surface area contributed by atoms with E-state index in [4.69, 9.17) is 14.7 Å². The van der Waals surface area contributed by atoms with Crippen molar-refractivity contribution < 1.29 is 9.53 Å². The van der Waals surface area contributed by atoms with Gasteiger partial charge in [-0.05, 0) is 79.7 Å². The Labute approximate surface area is 271 Å². The van der Waals surface area contributed by atoms with Crippen LogP contribution in [0.5, 0.6) is 5.75 Å². The second-order valence-electron chi connectivity index (χ2n) is 14.3. The molecule has 3 saturated carbocycles. The molecule has 4 aromatic heterocycles. The summed E-state index contributed by atoms with van der Waals surface area (Å²) in [4.78, 5) is 37.1. The molecule has 3 aliphatic carbocycles. The van der Waals surface area contributed by atoms with E-state index >= 15 is 0 Å². The van der Waals surface area contributed by atoms with Crippen LogP contribution in [0, 0.1) is 40.9 Å². The zero-order chi connectivity index (χ0) is 31.4. The lowest BCUT2D eigenvalue weighted by molar-refractivity contribution is -0.0204. The standard InChI is InChI=1S/C36H35N9O2/c1-47-30-11-24(36(46)44-19-25-7-23-10-28(44)32(23)25)8-27-33(30)45(18-21-15-42(16-21)31-14-38-13-26(12-37)40-31)35(41-27)29-9-22-3-2-6-39-34(22)43(29)17-20-4-5-20/h2-3,6,8-9,11,13-14,20-21,23,25,28,32H,4-5,7,10,15-19H2,1H3/t23?,25?,28?,32-/m1/s1. The molecule has 0 N–H and O–H groups in total. The molecular weight excluding hydrogens is 590 g/mol. The average molecular weight is 626 g/mol. The molecular formula is C36H35N9O2. The molecule has 0 radical (unpaired) electrons. The van der Waals surface area contributed by atoms with Crippen molar-refractivity contribution in [2.45, 2.75) is 44.8 Å². The lowest BCUT2D eigenvalue weighted by atomic mass is 9.53. The molecule has 47 heavy (non-hydrogen) atoms. The van der Waals surface area contributed by atoms with Crippen LogP contribution in [0.2, 0.25) is 0 Å². The van der Waals surface area contributed by atoms with Gasteiger partial charge in [-0.25, -0.2) is 15.0 Å². The number of hydrogen-bond donors (Lipinski definition) is 0. The number of carbonyl (C=O) groups excluding carboxylic acids is 1. The summed E-state index contributed by atoms with van der Waals surface area (Å²) in [7, 11) is 1.69. The van der Waals surface area contributed by atoms with Gasteiger partial charge in [-0.15, -0.1) is 0 Å². The van der Waals surface area contributed by atoms with Crippen LogP contribution < -0.4 is 9.64 Å². The van der Waals surface area contributed by atoms with E-state index in [9.17, 15) is 10.1 Å². The van der Waals surface area contributed by atoms with Gasteiger partial charge in [0.05, 0.1) is 30.7 Å². The number of pyridine rings is 1. The molecule has 1 aromatic carbocycles. The summed E-state index contributed by atoms with van der Waals surface area (Å²) in [6.45, 7) is 4.07. The fourth-order valence-electron chi connectivity index (χ4n) is 8.95. The van der Waals surface area contributed by atoms with Crippen molar-refractivity contribution in [3.05, 3.63) is 60.2 Å². The van der Waals surface area contributed by atoms with Gasteiger partial charge in [0, 0.05) is 61.8 Å². The monoisotopic (exact) mass is 625 g/mol. The Morgan fingerprint density at radius 1 is 1.02 bits per heavy atom. The minimum absolute atomic E-state index is 0.0986. The highest BCUT2D eigenvalue weighted by molar-refractivity contribution is 6.00. The summed E-state index contributed by atoms with van der Waals surface area (Å²) in [5, 5.41) is 10.4. The largest absolute Gasteiger partial charge is 0.494 e. The van der Waals surface area contributed by atoms with E-state index in [1.165, 1.54) is 25.5 Å². The van der Waals surface area contributed by atoms with Gasteiger partial charge in [-0.1, -0.05) is 0 Å². The molecule has 4 atom stereocenters. The number of hydrogen-bond acceptors (Lipinski definition) is 8. The van der Waals surface area contributed by atoms with E-state index in [-0.39, 0.29) is 5.91 Å². The van der Waals surface area contributed by atoms with Crippen molar-refractivity contribution >= 4 is 33.8 Å². The third kappa shape index (κ3) is 4.13. The predicted molar refractivity (Wildman–Crippen MR) is 175 cm³/mol. The summed E-state index contributed by atoms with van der Waals surface area (Å²) >= 11 is 0. The minimum Gasteiger partial charge on any atom is -0.494 e. The third-order valence-electron chi connectivity index (χ3n) is 11.5. The number of aromatic nitrogens is 6. The Balaban J connectivity index is 1.06. The van der Waals surface area contributed by atoms with Crippen molar-refractivity contribution in [1.29, 1.82) is 5.26 Å². The minimum atomic E-state index is 0.0986. The molecule has 6 heterocycles. The van der Waals surface area contributed by atoms with E-state index in [1.54, 1.807) is 13.3 Å². The molecule has 3 unspecified atom stereocenters. The Morgan fingerprint density at radius 2 is 1.89 bits per heavy atom. The quantitative estimate of drug-likeness (QED) is 0.243. The van der Waals surface area contributed by atoms with E-state index < -0.39 is 0 Å². The SMILES string of the molecule is COc1cc(C(=O)N2CC3CC4CC2[C@H]43)cc2nc(-c3cc4cccnc4n3CC3CC3)n(CC3CN(c4cncc(C#N)n4)C3)c12. The summed E-state index contributed by atoms with van der Waals surface area (Å²) in [6.07, 6.45) is 9.96. The molecule has 5 aliphatic rings. The number of likely N-dealkylation sites (tertiary alicyclic amines) is 1. The number of ether oxygens (including phenoxy) is 1. The molecule has 1 amide bonds. The van der Waals surface area contributed by atoms with E-state index in [1.807, 2.05) is 24.4 Å². The molecule has 0 bridgehead atoms. The highest BCUT2D eigenvalue weighted by Gasteiger charge is 2.61. The van der Waals surface area contributed by atoms with E-state index in [2.05, 4.69) is 47.1 Å². The maximum Gasteiger partial charge on any atom is 0.254 e. The van der Waals surface area contributed by atoms with Gasteiger partial charge in [0.25, 0.3) is 5.91 Å². The van der Waals surface area contributed by atoms with E-state index in [0.29, 0.717) is 53.3 Å². The molecule has 11 nitrogen and oxygen atoms in total. The molecule has 5 aromatic rings. The van der Waals surface area contributed by atoms with Crippen molar-refractivity contribution in [1.82, 2.24) is 34.0 Å². The van der Waals surface area contributed by atoms with Crippen molar-refractivity contribution in [3.63, 3.8) is 0 Å². The number of imidazole rings is 1. The lowest BCUT2D eigenvalue weighted by Crippen LogP contribution is -2.53. The molecule has 2 aliphatic heterocycles. The smallest absolute Gasteiger partial charge is 0.254 e. The van der Waals surface area contributed by atoms with Gasteiger partial charge in [-0.2, -0.15) is 5.26 Å². The van der Waals surface area contributed by atoms with Gasteiger partial charge in [0.2, 0.25) is 0 Å². The maximum atomic E-state index is 14.0. The number of amides is 1. The number of nitrogens with zero attached hydrogens (tertiary/aromatic N) is 9. The fraction of sp³-hybridized carbons (Fsp3) is 0.444. The fourth-order valence-corrected chi connectivity index (χ4v) is 8.95. The Hall–Kier alpha value is -4.98. The van der Waals surface area contributed by atoms with Crippen LogP contribution in [0.4, 0.5) is 5.82 Å². The molecule has 236 valence electrons. The van der Waals surface area contributed by atoms with Gasteiger partial charge in [-0.3, -0.25) is 9.78 Å². The van der Waals surface area contributed by atoms with Crippen LogP contribution in [0.3, 0.4) is 0 Å². The number of rotatable bonds is 8. The topological polar surface area (TPSA) is 118 Å². The first-order chi connectivity index (χ1) is 23.1. The number of benzene rings is 1. The number of nitriles is 1. The number of fused-ring (bicyclic) bond motifs is 2. The summed E-state index contributed by atoms with van der Waals surface area (Å²) in [6, 6.07) is 12.7. The van der Waals surface area contributed by atoms with Crippen molar-refractivity contribution in [3.8, 4) is 23.3 Å². The second-order valence-corrected chi connectivity index (χ2v) is 14.3. The van der Waals surface area contributed by atoms with Crippen LogP contribution in [0.15, 0.2) is 48.9 Å². The Bertz CT molecular complexity index is 2140. The first-order valence-corrected chi connectivity index (χ1v) is 16.9. The second kappa shape index (κ2) is 10.0. The van der Waals surface area contributed by atoms with Crippen LogP contribution in [-0.4, -0.2) is 72.7 Å². The number of methoxy groups -OCH3 is 1. The molecule has 2 saturated heterocycles. The van der Waals surface area contributed by atoms with Crippen LogP contribution >= 0.6 is 0 Å². The predicted octanol–water partition coefficient (Wildman–Crippen LogP) is 4.75. The number of anilines is 1. The zero-order valence-corrected chi connectivity index (χ0v) is 26.3. The van der Waals surface area contributed by atoms with Crippen LogP contribution in [0.25, 0.3) is 33.6 Å². The van der Waals surface area contributed by atoms with Crippen LogP contribution in [-0.2, 0) is 13.1 Å². The molecule has 10 rings (SSSR count). The summed E-state index contributed by atoms with van der Waals surface area (Å²) in [5.41, 5.74) is 4.67. The van der Waals surface area contributed by atoms with Crippen molar-refractivity contribution in [2.24, 2.45) is 29.6 Å². The van der Waals surface area contributed by atoms with E-state index in [0.717, 1.165) is 77.9 Å². The molecule has 11 heteroatoms.